The number of piperazine rings is 1. The first-order valence-electron chi connectivity index (χ1n) is 28.8. The lowest BCUT2D eigenvalue weighted by molar-refractivity contribution is -0.160. The van der Waals surface area contributed by atoms with Crippen molar-refractivity contribution < 1.29 is 77.3 Å². The van der Waals surface area contributed by atoms with E-state index in [1.807, 2.05) is 4.90 Å². The van der Waals surface area contributed by atoms with E-state index in [1.165, 1.54) is 66.5 Å². The maximum Gasteiger partial charge on any atom is 0.341 e. The van der Waals surface area contributed by atoms with E-state index in [0.717, 1.165) is 31.7 Å². The number of allylic oxidation sites excluding steroid dienone is 4. The summed E-state index contributed by atoms with van der Waals surface area (Å²) < 4.78 is 48.0. The second-order valence-corrected chi connectivity index (χ2v) is 24.0. The van der Waals surface area contributed by atoms with Gasteiger partial charge < -0.3 is 63.8 Å². The topological polar surface area (TPSA) is 273 Å². The number of amides is 1. The Kier molecular flexibility index (Phi) is 16.0. The third kappa shape index (κ3) is 10.1. The zero-order valence-electron chi connectivity index (χ0n) is 48.9. The van der Waals surface area contributed by atoms with Gasteiger partial charge in [-0.3, -0.25) is 33.7 Å². The first kappa shape index (κ1) is 59.7. The smallest absolute Gasteiger partial charge is 0.341 e. The second kappa shape index (κ2) is 22.5. The number of nitrogens with zero attached hydrogens (tertiary/aromatic N) is 4. The molecule has 450 valence electrons. The Morgan fingerprint density at radius 2 is 1.55 bits per heavy atom. The number of carbonyl (C=O) groups is 6. The van der Waals surface area contributed by atoms with Gasteiger partial charge in [0.15, 0.2) is 11.6 Å². The fourth-order valence-corrected chi connectivity index (χ4v) is 13.6. The number of aromatic carboxylic acids is 1. The number of methoxy groups -OCH3 is 2. The van der Waals surface area contributed by atoms with Gasteiger partial charge in [0.05, 0.1) is 59.3 Å². The Morgan fingerprint density at radius 3 is 2.17 bits per heavy atom. The van der Waals surface area contributed by atoms with Crippen LogP contribution in [0.15, 0.2) is 64.6 Å². The van der Waals surface area contributed by atoms with E-state index in [2.05, 4.69) is 10.2 Å². The molecule has 4 fully saturated rings. The number of nitrogens with one attached hydrogen (secondary N) is 1. The molecule has 8 aliphatic rings. The van der Waals surface area contributed by atoms with Crippen molar-refractivity contribution in [3.8, 4) is 17.2 Å². The molecule has 1 aromatic heterocycles. The monoisotopic (exact) mass is 1160 g/mol. The minimum atomic E-state index is -2.16. The summed E-state index contributed by atoms with van der Waals surface area (Å²) in [5.41, 5.74) is -2.75. The number of hydrogen-bond donors (Lipinski definition) is 5. The first-order chi connectivity index (χ1) is 39.8. The van der Waals surface area contributed by atoms with Crippen LogP contribution in [0.1, 0.15) is 134 Å². The van der Waals surface area contributed by atoms with Crippen molar-refractivity contribution in [1.29, 1.82) is 0 Å². The van der Waals surface area contributed by atoms with E-state index in [0.29, 0.717) is 38.1 Å². The van der Waals surface area contributed by atoms with Crippen LogP contribution in [0.5, 0.6) is 17.2 Å². The minimum Gasteiger partial charge on any atom is -0.507 e. The number of aromatic nitrogens is 1. The SMILES string of the molecule is COc1c(N2CCC(C3(N4CCN(C5=C6NC(=O)C(C)=CC=C[C@H](C)[C@H](O)[C@@H](C)[C@@H](O)[C@@H](C)[C@H](OC(C)=O)[C@H](C)[C@@H](OC)C=CO[C@@]7(C)Oc8c(C)c(O)c(c(c8C7=O)C5=O)C6=O)CC4)CC3)C2)c(F)cc2c(=O)c(C(=O)O)cn(C3CC3)c12. The van der Waals surface area contributed by atoms with Crippen LogP contribution in [-0.2, 0) is 23.8 Å². The number of hydrogen-bond acceptors (Lipinski definition) is 18. The molecular weight excluding hydrogens is 1090 g/mol. The van der Waals surface area contributed by atoms with Crippen LogP contribution in [-0.4, -0.2) is 159 Å². The Hall–Kier alpha value is -7.40. The van der Waals surface area contributed by atoms with Crippen molar-refractivity contribution in [3.63, 3.8) is 0 Å². The quantitative estimate of drug-likeness (QED) is 0.151. The number of ether oxygens (including phenoxy) is 5. The molecule has 5 bridgehead atoms. The molecule has 84 heavy (non-hydrogen) atoms. The average Bonchev–Trinajstić information content (AvgIpc) is 2.39. The predicted octanol–water partition coefficient (Wildman–Crippen LogP) is 6.13. The number of halogens is 1. The molecule has 1 unspecified atom stereocenters. The number of phenolic OH excluding ortho intramolecular Hbond substituents is 1. The first-order valence-corrected chi connectivity index (χ1v) is 28.8. The highest BCUT2D eigenvalue weighted by atomic mass is 19.1. The maximum atomic E-state index is 16.5. The standard InChI is InChI=1S/C62H74FN5O16/c1-29-12-11-13-30(2)59(77)64-45-48(65-21-23-67(24-22-65)62(18-19-62)36-16-20-66(27-36)47-40(63)26-38-46(57(47)81-10)68(37-14-15-37)28-39(52(38)73)60(78)79)54(75)42-43(53(45)74)51(72)34(6)56-44(42)58(76)61(8,84-56)82-25-17-41(80-9)31(3)55(83-35(7)69)33(5)50(71)32(4)49(29)70/h11-13,17,25-26,28-29,31-33,36-37,41,49-50,55,70-72H,14-16,18-24,27H2,1-10H3,(H,64,77)(H,78,79)/t29-,31+,32+,33+,36?,41-,49-,50+,55+,61-/m0/s1. The molecule has 0 spiro atoms. The third-order valence-corrected chi connectivity index (χ3v) is 18.8. The van der Waals surface area contributed by atoms with E-state index in [4.69, 9.17) is 23.7 Å². The van der Waals surface area contributed by atoms with Gasteiger partial charge in [-0.2, -0.15) is 0 Å². The van der Waals surface area contributed by atoms with Gasteiger partial charge in [-0.15, -0.1) is 0 Å². The third-order valence-electron chi connectivity index (χ3n) is 18.8. The van der Waals surface area contributed by atoms with Gasteiger partial charge in [-0.05, 0) is 64.0 Å². The van der Waals surface area contributed by atoms with Crippen LogP contribution in [0.4, 0.5) is 10.1 Å². The summed E-state index contributed by atoms with van der Waals surface area (Å²) in [7, 11) is 2.83. The van der Waals surface area contributed by atoms with Crippen molar-refractivity contribution in [2.45, 2.75) is 129 Å². The normalized spacial score (nSPS) is 29.4. The predicted molar refractivity (Wildman–Crippen MR) is 304 cm³/mol. The number of fused-ring (bicyclic) bond motifs is 15. The summed E-state index contributed by atoms with van der Waals surface area (Å²) in [4.78, 5) is 104. The largest absolute Gasteiger partial charge is 0.507 e. The zero-order valence-corrected chi connectivity index (χ0v) is 48.9. The summed E-state index contributed by atoms with van der Waals surface area (Å²) in [6.45, 7) is 14.4. The number of carbonyl (C=O) groups excluding carboxylic acids is 5. The molecule has 0 radical (unpaired) electrons. The number of ketones is 3. The second-order valence-electron chi connectivity index (χ2n) is 24.0. The summed E-state index contributed by atoms with van der Waals surface area (Å²) in [5.74, 6) is -11.5. The highest BCUT2D eigenvalue weighted by Crippen LogP contribution is 2.54. The number of benzene rings is 2. The number of carboxylic acid groups (broad SMARTS) is 1. The highest BCUT2D eigenvalue weighted by molar-refractivity contribution is 6.32. The van der Waals surface area contributed by atoms with Crippen molar-refractivity contribution in [3.05, 3.63) is 104 Å². The number of carboxylic acids is 1. The number of esters is 1. The van der Waals surface area contributed by atoms with Crippen LogP contribution in [0.3, 0.4) is 0 Å². The van der Waals surface area contributed by atoms with Gasteiger partial charge >= 0.3 is 17.7 Å². The molecule has 5 N–H and O–H groups in total. The summed E-state index contributed by atoms with van der Waals surface area (Å²) >= 11 is 0. The van der Waals surface area contributed by atoms with Crippen LogP contribution >= 0.6 is 0 Å². The van der Waals surface area contributed by atoms with Crippen LogP contribution in [0.25, 0.3) is 10.9 Å². The number of aliphatic hydroxyl groups excluding tert-OH is 2. The van der Waals surface area contributed by atoms with Crippen LogP contribution < -0.4 is 25.1 Å². The van der Waals surface area contributed by atoms with Gasteiger partial charge in [0.25, 0.3) is 11.7 Å². The number of anilines is 1. The van der Waals surface area contributed by atoms with Crippen LogP contribution in [0.2, 0.25) is 0 Å². The molecule has 21 nitrogen and oxygen atoms in total. The molecule has 2 saturated carbocycles. The van der Waals surface area contributed by atoms with Crippen LogP contribution in [0, 0.1) is 42.3 Å². The molecule has 5 aliphatic heterocycles. The molecule has 3 aliphatic carbocycles. The lowest BCUT2D eigenvalue weighted by Crippen LogP contribution is -2.55. The zero-order chi connectivity index (χ0) is 60.8. The maximum absolute atomic E-state index is 16.5. The number of aliphatic hydroxyl groups is 2. The lowest BCUT2D eigenvalue weighted by Gasteiger charge is -2.44. The Labute approximate surface area is 485 Å². The average molecular weight is 1160 g/mol. The Bertz CT molecular complexity index is 3460. The fraction of sp³-hybridized carbons (Fsp3) is 0.532. The molecule has 1 amide bonds. The van der Waals surface area contributed by atoms with E-state index >= 15 is 14.0 Å². The molecule has 22 heteroatoms. The fourth-order valence-electron chi connectivity index (χ4n) is 13.6. The molecule has 3 aromatic rings. The van der Waals surface area contributed by atoms with Gasteiger partial charge in [-0.1, -0.05) is 45.9 Å². The van der Waals surface area contributed by atoms with Gasteiger partial charge in [0, 0.05) is 113 Å². The van der Waals surface area contributed by atoms with E-state index in [1.54, 1.807) is 49.3 Å². The Morgan fingerprint density at radius 1 is 0.857 bits per heavy atom. The van der Waals surface area contributed by atoms with Gasteiger partial charge in [0.2, 0.25) is 17.0 Å². The highest BCUT2D eigenvalue weighted by Gasteiger charge is 2.57. The van der Waals surface area contributed by atoms with E-state index in [-0.39, 0.29) is 75.6 Å². The molecule has 6 heterocycles. The molecule has 10 atom stereocenters. The van der Waals surface area contributed by atoms with E-state index in [9.17, 15) is 44.4 Å². The number of Topliss-reactive ketones (excluding diaryl/α,β-unsaturated/α-hetero) is 3. The number of pyridine rings is 1. The van der Waals surface area contributed by atoms with Crippen molar-refractivity contribution >= 4 is 51.8 Å². The lowest BCUT2D eigenvalue weighted by atomic mass is 9.78. The van der Waals surface area contributed by atoms with Crippen molar-refractivity contribution in [2.75, 3.05) is 58.4 Å². The summed E-state index contributed by atoms with van der Waals surface area (Å²) in [6.07, 6.45) is 8.42. The minimum absolute atomic E-state index is 0.0374. The molecular formula is C62H74FN5O16. The van der Waals surface area contributed by atoms with Gasteiger partial charge in [0.1, 0.15) is 40.2 Å². The summed E-state index contributed by atoms with van der Waals surface area (Å²) in [6, 6.07) is 1.05. The molecule has 2 saturated heterocycles. The molecule has 11 rings (SSSR count). The number of phenols is 1. The molecule has 2 aromatic carbocycles. The van der Waals surface area contributed by atoms with Gasteiger partial charge in [-0.25, -0.2) is 9.18 Å². The number of aromatic hydroxyl groups is 1. The number of rotatable bonds is 9. The Balaban J connectivity index is 0.971. The summed E-state index contributed by atoms with van der Waals surface area (Å²) in [5, 5.41) is 47.6. The van der Waals surface area contributed by atoms with Crippen molar-refractivity contribution in [1.82, 2.24) is 19.7 Å². The van der Waals surface area contributed by atoms with E-state index < -0.39 is 128 Å². The van der Waals surface area contributed by atoms with Crippen molar-refractivity contribution in [2.24, 2.45) is 29.6 Å².